The molecule has 1 aromatic rings. The maximum atomic E-state index is 6.16. The monoisotopic (exact) mass is 272 g/mol. The van der Waals surface area contributed by atoms with Gasteiger partial charge in [-0.15, -0.1) is 0 Å². The van der Waals surface area contributed by atoms with E-state index in [1.165, 1.54) is 5.56 Å². The van der Waals surface area contributed by atoms with E-state index in [2.05, 4.69) is 30.3 Å². The smallest absolute Gasteiger partial charge is 0.0468 e. The van der Waals surface area contributed by atoms with E-state index in [9.17, 15) is 0 Å². The normalized spacial score (nSPS) is 13.1. The van der Waals surface area contributed by atoms with Gasteiger partial charge in [0, 0.05) is 29.9 Å². The van der Waals surface area contributed by atoms with Crippen LogP contribution in [0.25, 0.3) is 0 Å². The fraction of sp³-hybridized carbons (Fsp3) is 0.538. The first-order valence-corrected chi connectivity index (χ1v) is 7.52. The number of hydrogen-bond donors (Lipinski definition) is 1. The average molecular weight is 273 g/mol. The molecular formula is C13H21ClN2S. The van der Waals surface area contributed by atoms with Crippen molar-refractivity contribution in [2.24, 2.45) is 5.73 Å². The maximum absolute atomic E-state index is 6.16. The minimum Gasteiger partial charge on any atom is -0.329 e. The second-order valence-electron chi connectivity index (χ2n) is 4.23. The number of aryl methyl sites for hydroxylation is 1. The van der Waals surface area contributed by atoms with E-state index in [-0.39, 0.29) is 6.04 Å². The van der Waals surface area contributed by atoms with Gasteiger partial charge >= 0.3 is 0 Å². The SMILES string of the molecule is CSCCN(C)C(CN)c1ccc(C)c(Cl)c1. The molecule has 0 heterocycles. The van der Waals surface area contributed by atoms with Crippen LogP contribution in [0.5, 0.6) is 0 Å². The predicted octanol–water partition coefficient (Wildman–Crippen LogP) is 2.94. The Labute approximate surface area is 114 Å². The van der Waals surface area contributed by atoms with Crippen molar-refractivity contribution in [2.75, 3.05) is 32.1 Å². The zero-order valence-electron chi connectivity index (χ0n) is 10.7. The molecule has 2 nitrogen and oxygen atoms in total. The summed E-state index contributed by atoms with van der Waals surface area (Å²) in [7, 11) is 2.11. The zero-order chi connectivity index (χ0) is 12.8. The van der Waals surface area contributed by atoms with Gasteiger partial charge in [0.1, 0.15) is 0 Å². The Bertz CT molecular complexity index is 357. The highest BCUT2D eigenvalue weighted by Gasteiger charge is 2.15. The average Bonchev–Trinajstić information content (AvgIpc) is 2.32. The lowest BCUT2D eigenvalue weighted by Crippen LogP contribution is -2.32. The maximum Gasteiger partial charge on any atom is 0.0468 e. The molecule has 0 amide bonds. The highest BCUT2D eigenvalue weighted by atomic mass is 35.5. The molecule has 1 aromatic carbocycles. The lowest BCUT2D eigenvalue weighted by molar-refractivity contribution is 0.265. The Balaban J connectivity index is 2.81. The van der Waals surface area contributed by atoms with Gasteiger partial charge in [0.25, 0.3) is 0 Å². The van der Waals surface area contributed by atoms with Crippen molar-refractivity contribution in [1.29, 1.82) is 0 Å². The number of rotatable bonds is 6. The van der Waals surface area contributed by atoms with Crippen molar-refractivity contribution in [1.82, 2.24) is 4.90 Å². The van der Waals surface area contributed by atoms with Crippen molar-refractivity contribution in [3.8, 4) is 0 Å². The second kappa shape index (κ2) is 7.27. The molecule has 0 bridgehead atoms. The van der Waals surface area contributed by atoms with E-state index in [1.807, 2.05) is 24.8 Å². The summed E-state index contributed by atoms with van der Waals surface area (Å²) < 4.78 is 0. The Morgan fingerprint density at radius 2 is 2.18 bits per heavy atom. The van der Waals surface area contributed by atoms with Crippen molar-refractivity contribution >= 4 is 23.4 Å². The van der Waals surface area contributed by atoms with Crippen LogP contribution < -0.4 is 5.73 Å². The molecule has 0 aliphatic rings. The van der Waals surface area contributed by atoms with Crippen LogP contribution in [0.4, 0.5) is 0 Å². The Kier molecular flexibility index (Phi) is 6.34. The van der Waals surface area contributed by atoms with Gasteiger partial charge in [0.15, 0.2) is 0 Å². The third-order valence-electron chi connectivity index (χ3n) is 2.98. The fourth-order valence-electron chi connectivity index (χ4n) is 1.78. The number of likely N-dealkylation sites (N-methyl/N-ethyl adjacent to an activating group) is 1. The first-order valence-electron chi connectivity index (χ1n) is 5.75. The van der Waals surface area contributed by atoms with E-state index in [1.54, 1.807) is 0 Å². The summed E-state index contributed by atoms with van der Waals surface area (Å²) in [6.45, 7) is 3.67. The molecule has 0 aliphatic heterocycles. The van der Waals surface area contributed by atoms with Gasteiger partial charge < -0.3 is 5.73 Å². The topological polar surface area (TPSA) is 29.3 Å². The summed E-state index contributed by atoms with van der Waals surface area (Å²) in [5.74, 6) is 1.12. The third-order valence-corrected chi connectivity index (χ3v) is 3.98. The molecule has 0 fully saturated rings. The van der Waals surface area contributed by atoms with E-state index < -0.39 is 0 Å². The molecule has 0 aromatic heterocycles. The third kappa shape index (κ3) is 4.18. The highest BCUT2D eigenvalue weighted by molar-refractivity contribution is 7.98. The summed E-state index contributed by atoms with van der Waals surface area (Å²) in [5, 5.41) is 0.819. The number of hydrogen-bond acceptors (Lipinski definition) is 3. The summed E-state index contributed by atoms with van der Waals surface area (Å²) in [5.41, 5.74) is 8.18. The number of halogens is 1. The first-order chi connectivity index (χ1) is 8.10. The largest absolute Gasteiger partial charge is 0.329 e. The van der Waals surface area contributed by atoms with Crippen molar-refractivity contribution < 1.29 is 0 Å². The highest BCUT2D eigenvalue weighted by Crippen LogP contribution is 2.24. The van der Waals surface area contributed by atoms with Crippen LogP contribution in [0.1, 0.15) is 17.2 Å². The van der Waals surface area contributed by atoms with Gasteiger partial charge in [-0.3, -0.25) is 4.90 Å². The molecule has 0 aliphatic carbocycles. The van der Waals surface area contributed by atoms with Gasteiger partial charge in [-0.2, -0.15) is 11.8 Å². The van der Waals surface area contributed by atoms with Crippen LogP contribution in [0, 0.1) is 6.92 Å². The minimum absolute atomic E-state index is 0.250. The molecule has 2 N–H and O–H groups in total. The van der Waals surface area contributed by atoms with Crippen molar-refractivity contribution in [3.63, 3.8) is 0 Å². The van der Waals surface area contributed by atoms with E-state index in [0.717, 1.165) is 22.9 Å². The molecule has 0 radical (unpaired) electrons. The van der Waals surface area contributed by atoms with Gasteiger partial charge in [0.05, 0.1) is 0 Å². The molecule has 4 heteroatoms. The van der Waals surface area contributed by atoms with Gasteiger partial charge in [-0.25, -0.2) is 0 Å². The number of nitrogens with zero attached hydrogens (tertiary/aromatic N) is 1. The molecule has 17 heavy (non-hydrogen) atoms. The molecular weight excluding hydrogens is 252 g/mol. The number of benzene rings is 1. The molecule has 0 saturated heterocycles. The summed E-state index contributed by atoms with van der Waals surface area (Å²) in [6, 6.07) is 6.46. The van der Waals surface area contributed by atoms with Crippen LogP contribution in [0.3, 0.4) is 0 Å². The van der Waals surface area contributed by atoms with E-state index in [0.29, 0.717) is 6.54 Å². The Morgan fingerprint density at radius 3 is 2.71 bits per heavy atom. The molecule has 1 unspecified atom stereocenters. The second-order valence-corrected chi connectivity index (χ2v) is 5.63. The first kappa shape index (κ1) is 14.8. The van der Waals surface area contributed by atoms with E-state index >= 15 is 0 Å². The van der Waals surface area contributed by atoms with Crippen LogP contribution in [-0.2, 0) is 0 Å². The van der Waals surface area contributed by atoms with E-state index in [4.69, 9.17) is 17.3 Å². The molecule has 0 spiro atoms. The molecule has 0 saturated carbocycles. The molecule has 1 atom stereocenters. The summed E-state index contributed by atoms with van der Waals surface area (Å²) in [6.07, 6.45) is 2.12. The zero-order valence-corrected chi connectivity index (χ0v) is 12.3. The standard InChI is InChI=1S/C13H21ClN2S/c1-10-4-5-11(8-12(10)14)13(9-15)16(2)6-7-17-3/h4-5,8,13H,6-7,9,15H2,1-3H3. The summed E-state index contributed by atoms with van der Waals surface area (Å²) in [4.78, 5) is 2.29. The van der Waals surface area contributed by atoms with Crippen LogP contribution >= 0.6 is 23.4 Å². The minimum atomic E-state index is 0.250. The number of thioether (sulfide) groups is 1. The molecule has 96 valence electrons. The van der Waals surface area contributed by atoms with Crippen molar-refractivity contribution in [2.45, 2.75) is 13.0 Å². The van der Waals surface area contributed by atoms with Gasteiger partial charge in [-0.05, 0) is 37.4 Å². The lowest BCUT2D eigenvalue weighted by Gasteiger charge is -2.27. The Morgan fingerprint density at radius 1 is 1.47 bits per heavy atom. The van der Waals surface area contributed by atoms with Crippen LogP contribution in [0.15, 0.2) is 18.2 Å². The quantitative estimate of drug-likeness (QED) is 0.863. The van der Waals surface area contributed by atoms with Gasteiger partial charge in [-0.1, -0.05) is 23.7 Å². The van der Waals surface area contributed by atoms with Gasteiger partial charge in [0.2, 0.25) is 0 Å². The van der Waals surface area contributed by atoms with Crippen LogP contribution in [-0.4, -0.2) is 37.0 Å². The van der Waals surface area contributed by atoms with Crippen molar-refractivity contribution in [3.05, 3.63) is 34.3 Å². The predicted molar refractivity (Wildman–Crippen MR) is 79.0 cm³/mol. The van der Waals surface area contributed by atoms with Crippen LogP contribution in [0.2, 0.25) is 5.02 Å². The fourth-order valence-corrected chi connectivity index (χ4v) is 2.44. The summed E-state index contributed by atoms with van der Waals surface area (Å²) >= 11 is 8.01. The number of nitrogens with two attached hydrogens (primary N) is 1. The molecule has 1 rings (SSSR count). The lowest BCUT2D eigenvalue weighted by atomic mass is 10.0. The Hall–Kier alpha value is -0.220.